The van der Waals surface area contributed by atoms with Crippen LogP contribution < -0.4 is 5.43 Å². The fourth-order valence-corrected chi connectivity index (χ4v) is 2.93. The molecule has 1 amide bonds. The zero-order valence-corrected chi connectivity index (χ0v) is 13.7. The molecule has 1 aliphatic heterocycles. The van der Waals surface area contributed by atoms with Crippen molar-refractivity contribution in [2.45, 2.75) is 19.5 Å². The van der Waals surface area contributed by atoms with Crippen LogP contribution in [0.5, 0.6) is 0 Å². The Bertz CT molecular complexity index is 709. The third kappa shape index (κ3) is 4.52. The van der Waals surface area contributed by atoms with Gasteiger partial charge in [0, 0.05) is 69.6 Å². The number of pyridine rings is 2. The molecule has 1 fully saturated rings. The van der Waals surface area contributed by atoms with Gasteiger partial charge in [0.25, 0.3) is 0 Å². The Balaban J connectivity index is 1.53. The van der Waals surface area contributed by atoms with E-state index in [1.165, 1.54) is 17.7 Å². The van der Waals surface area contributed by atoms with Gasteiger partial charge >= 0.3 is 0 Å². The van der Waals surface area contributed by atoms with Gasteiger partial charge in [-0.25, -0.2) is 0 Å². The minimum Gasteiger partial charge on any atom is -0.345 e. The highest BCUT2D eigenvalue weighted by Crippen LogP contribution is 2.09. The van der Waals surface area contributed by atoms with Crippen LogP contribution >= 0.6 is 0 Å². The maximum absolute atomic E-state index is 12.5. The molecule has 0 saturated carbocycles. The molecular formula is C18H22N4O2. The standard InChI is InChI=1S/C18H22N4O2/c23-17-4-9-21(10-5-17)15-18(24)22-8-2-7-20(11-12-22)14-16-3-1-6-19-13-16/h1,3-6,9-10,13H,2,7-8,11-12,14-15H2. The molecule has 0 radical (unpaired) electrons. The van der Waals surface area contributed by atoms with Gasteiger partial charge in [-0.05, 0) is 18.1 Å². The number of aromatic nitrogens is 2. The lowest BCUT2D eigenvalue weighted by molar-refractivity contribution is -0.131. The molecule has 0 aliphatic carbocycles. The largest absolute Gasteiger partial charge is 0.345 e. The van der Waals surface area contributed by atoms with Crippen molar-refractivity contribution in [1.82, 2.24) is 19.4 Å². The Labute approximate surface area is 141 Å². The number of rotatable bonds is 4. The Kier molecular flexibility index (Phi) is 5.38. The summed E-state index contributed by atoms with van der Waals surface area (Å²) in [7, 11) is 0. The Morgan fingerprint density at radius 1 is 1.08 bits per heavy atom. The van der Waals surface area contributed by atoms with Crippen molar-refractivity contribution < 1.29 is 4.79 Å². The highest BCUT2D eigenvalue weighted by atomic mass is 16.2. The number of hydrogen-bond donors (Lipinski definition) is 0. The van der Waals surface area contributed by atoms with E-state index in [4.69, 9.17) is 0 Å². The monoisotopic (exact) mass is 326 g/mol. The molecule has 3 rings (SSSR count). The van der Waals surface area contributed by atoms with E-state index in [2.05, 4.69) is 16.0 Å². The van der Waals surface area contributed by atoms with Gasteiger partial charge in [-0.2, -0.15) is 0 Å². The molecule has 24 heavy (non-hydrogen) atoms. The van der Waals surface area contributed by atoms with Crippen LogP contribution in [0.25, 0.3) is 0 Å². The first-order chi connectivity index (χ1) is 11.7. The maximum Gasteiger partial charge on any atom is 0.242 e. The number of carbonyl (C=O) groups excluding carboxylic acids is 1. The molecule has 2 aromatic heterocycles. The first-order valence-electron chi connectivity index (χ1n) is 8.26. The van der Waals surface area contributed by atoms with Gasteiger partial charge in [0.15, 0.2) is 5.43 Å². The summed E-state index contributed by atoms with van der Waals surface area (Å²) in [5.41, 5.74) is 1.16. The summed E-state index contributed by atoms with van der Waals surface area (Å²) < 4.78 is 1.75. The summed E-state index contributed by atoms with van der Waals surface area (Å²) in [5, 5.41) is 0. The normalized spacial score (nSPS) is 15.9. The van der Waals surface area contributed by atoms with Gasteiger partial charge < -0.3 is 9.47 Å². The van der Waals surface area contributed by atoms with Gasteiger partial charge in [-0.1, -0.05) is 6.07 Å². The summed E-state index contributed by atoms with van der Waals surface area (Å²) in [6, 6.07) is 6.99. The second-order valence-corrected chi connectivity index (χ2v) is 6.08. The van der Waals surface area contributed by atoms with E-state index in [9.17, 15) is 9.59 Å². The first-order valence-corrected chi connectivity index (χ1v) is 8.26. The van der Waals surface area contributed by atoms with Gasteiger partial charge in [0.1, 0.15) is 6.54 Å². The van der Waals surface area contributed by atoms with Gasteiger partial charge in [-0.15, -0.1) is 0 Å². The van der Waals surface area contributed by atoms with Crippen molar-refractivity contribution >= 4 is 5.91 Å². The van der Waals surface area contributed by atoms with E-state index in [1.54, 1.807) is 23.2 Å². The van der Waals surface area contributed by atoms with E-state index >= 15 is 0 Å². The number of hydrogen-bond acceptors (Lipinski definition) is 4. The van der Waals surface area contributed by atoms with Crippen LogP contribution in [0.1, 0.15) is 12.0 Å². The average Bonchev–Trinajstić information content (AvgIpc) is 2.83. The lowest BCUT2D eigenvalue weighted by Crippen LogP contribution is -2.37. The van der Waals surface area contributed by atoms with Gasteiger partial charge in [0.05, 0.1) is 0 Å². The third-order valence-electron chi connectivity index (χ3n) is 4.25. The molecule has 3 heterocycles. The first kappa shape index (κ1) is 16.4. The second-order valence-electron chi connectivity index (χ2n) is 6.08. The average molecular weight is 326 g/mol. The molecule has 1 aliphatic rings. The van der Waals surface area contributed by atoms with Crippen molar-refractivity contribution in [2.24, 2.45) is 0 Å². The number of carbonyl (C=O) groups is 1. The van der Waals surface area contributed by atoms with Crippen LogP contribution in [0, 0.1) is 0 Å². The predicted octanol–water partition coefficient (Wildman–Crippen LogP) is 0.978. The fraction of sp³-hybridized carbons (Fsp3) is 0.389. The summed E-state index contributed by atoms with van der Waals surface area (Å²) in [5.74, 6) is 0.0990. The number of nitrogens with zero attached hydrogens (tertiary/aromatic N) is 4. The van der Waals surface area contributed by atoms with Crippen LogP contribution in [-0.4, -0.2) is 51.4 Å². The Morgan fingerprint density at radius 3 is 2.67 bits per heavy atom. The Morgan fingerprint density at radius 2 is 1.92 bits per heavy atom. The van der Waals surface area contributed by atoms with Crippen molar-refractivity contribution in [1.29, 1.82) is 0 Å². The van der Waals surface area contributed by atoms with Crippen molar-refractivity contribution in [3.05, 3.63) is 64.8 Å². The molecule has 0 bridgehead atoms. The molecule has 0 atom stereocenters. The molecule has 126 valence electrons. The van der Waals surface area contributed by atoms with Crippen LogP contribution in [0.2, 0.25) is 0 Å². The van der Waals surface area contributed by atoms with E-state index in [1.807, 2.05) is 17.2 Å². The van der Waals surface area contributed by atoms with Crippen molar-refractivity contribution in [3.8, 4) is 0 Å². The molecule has 0 unspecified atom stereocenters. The predicted molar refractivity (Wildman–Crippen MR) is 91.4 cm³/mol. The Hall–Kier alpha value is -2.47. The molecule has 1 saturated heterocycles. The molecule has 2 aromatic rings. The molecule has 0 N–H and O–H groups in total. The summed E-state index contributed by atoms with van der Waals surface area (Å²) >= 11 is 0. The summed E-state index contributed by atoms with van der Waals surface area (Å²) in [4.78, 5) is 32.0. The quantitative estimate of drug-likeness (QED) is 0.840. The van der Waals surface area contributed by atoms with Crippen LogP contribution in [0.3, 0.4) is 0 Å². The summed E-state index contributed by atoms with van der Waals surface area (Å²) in [6.45, 7) is 4.52. The molecular weight excluding hydrogens is 304 g/mol. The minimum absolute atomic E-state index is 0.0421. The lowest BCUT2D eigenvalue weighted by atomic mass is 10.2. The molecule has 6 heteroatoms. The zero-order chi connectivity index (χ0) is 16.8. The lowest BCUT2D eigenvalue weighted by Gasteiger charge is -2.22. The molecule has 6 nitrogen and oxygen atoms in total. The fourth-order valence-electron chi connectivity index (χ4n) is 2.93. The van der Waals surface area contributed by atoms with Gasteiger partial charge in [-0.3, -0.25) is 19.5 Å². The van der Waals surface area contributed by atoms with Crippen molar-refractivity contribution in [3.63, 3.8) is 0 Å². The van der Waals surface area contributed by atoms with Crippen LogP contribution in [0.4, 0.5) is 0 Å². The zero-order valence-electron chi connectivity index (χ0n) is 13.7. The second kappa shape index (κ2) is 7.88. The highest BCUT2D eigenvalue weighted by Gasteiger charge is 2.19. The SMILES string of the molecule is O=C(Cn1ccc(=O)cc1)N1CCCN(Cc2cccnc2)CC1. The number of amides is 1. The van der Waals surface area contributed by atoms with Crippen LogP contribution in [-0.2, 0) is 17.9 Å². The summed E-state index contributed by atoms with van der Waals surface area (Å²) in [6.07, 6.45) is 7.96. The molecule has 0 aromatic carbocycles. The van der Waals surface area contributed by atoms with Gasteiger partial charge in [0.2, 0.25) is 5.91 Å². The molecule has 0 spiro atoms. The van der Waals surface area contributed by atoms with E-state index < -0.39 is 0 Å². The van der Waals surface area contributed by atoms with E-state index in [0.717, 1.165) is 39.1 Å². The van der Waals surface area contributed by atoms with Crippen molar-refractivity contribution in [2.75, 3.05) is 26.2 Å². The topological polar surface area (TPSA) is 58.4 Å². The smallest absolute Gasteiger partial charge is 0.242 e. The van der Waals surface area contributed by atoms with E-state index in [0.29, 0.717) is 0 Å². The highest BCUT2D eigenvalue weighted by molar-refractivity contribution is 5.76. The minimum atomic E-state index is -0.0421. The maximum atomic E-state index is 12.5. The van der Waals surface area contributed by atoms with Crippen LogP contribution in [0.15, 0.2) is 53.8 Å². The van der Waals surface area contributed by atoms with E-state index in [-0.39, 0.29) is 17.9 Å². The third-order valence-corrected chi connectivity index (χ3v) is 4.25.